The minimum atomic E-state index is -1.82. The number of carboxylic acid groups (broad SMARTS) is 2. The molecule has 12 nitrogen and oxygen atoms in total. The summed E-state index contributed by atoms with van der Waals surface area (Å²) in [5.74, 6) is -2.07. The highest BCUT2D eigenvalue weighted by atomic mass is 35.5. The van der Waals surface area contributed by atoms with Gasteiger partial charge in [-0.25, -0.2) is 14.6 Å². The first-order valence-corrected chi connectivity index (χ1v) is 11.8. The van der Waals surface area contributed by atoms with Crippen LogP contribution in [0.5, 0.6) is 5.75 Å². The highest BCUT2D eigenvalue weighted by Crippen LogP contribution is 2.31. The standard InChI is InChI=1S/C24H20ClN5O3.C2H2O4/c1-15-19(12-23-27-22(28-33-23)13-29-10-9-26-14-29)20-11-18(32-2)7-8-21(20)30(15)24(31)16-3-5-17(25)6-4-16;3-1(4)2(5)6/h3-11,14H,12-13H2,1-2H3;(H,3,4)(H,5,6). The lowest BCUT2D eigenvalue weighted by molar-refractivity contribution is -0.159. The monoisotopic (exact) mass is 551 g/mol. The average molecular weight is 552 g/mol. The summed E-state index contributed by atoms with van der Waals surface area (Å²) in [7, 11) is 1.62. The topological polar surface area (TPSA) is 163 Å². The number of carboxylic acids is 2. The van der Waals surface area contributed by atoms with E-state index in [2.05, 4.69) is 15.1 Å². The van der Waals surface area contributed by atoms with E-state index in [0.717, 1.165) is 22.2 Å². The SMILES string of the molecule is COc1ccc2c(c1)c(Cc1nc(Cn3ccnc3)no1)c(C)n2C(=O)c1ccc(Cl)cc1.O=C(O)C(=O)O. The first-order chi connectivity index (χ1) is 18.7. The van der Waals surface area contributed by atoms with Gasteiger partial charge in [-0.1, -0.05) is 16.8 Å². The third-order valence-corrected chi connectivity index (χ3v) is 5.99. The Balaban J connectivity index is 0.000000531. The van der Waals surface area contributed by atoms with Crippen LogP contribution < -0.4 is 4.74 Å². The molecule has 3 heterocycles. The Bertz CT molecular complexity index is 1630. The summed E-state index contributed by atoms with van der Waals surface area (Å²) < 4.78 is 14.5. The van der Waals surface area contributed by atoms with Gasteiger partial charge >= 0.3 is 11.9 Å². The van der Waals surface area contributed by atoms with Crippen molar-refractivity contribution in [3.8, 4) is 5.75 Å². The smallest absolute Gasteiger partial charge is 0.414 e. The number of benzene rings is 2. The van der Waals surface area contributed by atoms with Crippen molar-refractivity contribution >= 4 is 40.3 Å². The number of hydrogen-bond donors (Lipinski definition) is 2. The number of methoxy groups -OCH3 is 1. The van der Waals surface area contributed by atoms with Gasteiger partial charge in [-0.3, -0.25) is 9.36 Å². The molecule has 5 aromatic rings. The maximum atomic E-state index is 13.4. The molecule has 3 aromatic heterocycles. The molecule has 0 bridgehead atoms. The average Bonchev–Trinajstić information content (AvgIpc) is 3.65. The number of ether oxygens (including phenoxy) is 1. The van der Waals surface area contributed by atoms with Crippen molar-refractivity contribution in [3.05, 3.63) is 94.7 Å². The first-order valence-electron chi connectivity index (χ1n) is 11.4. The lowest BCUT2D eigenvalue weighted by Crippen LogP contribution is -2.13. The minimum absolute atomic E-state index is 0.142. The van der Waals surface area contributed by atoms with Crippen molar-refractivity contribution in [1.29, 1.82) is 0 Å². The van der Waals surface area contributed by atoms with Crippen LogP contribution in [-0.2, 0) is 22.6 Å². The van der Waals surface area contributed by atoms with Gasteiger partial charge in [0.05, 0.1) is 31.9 Å². The molecule has 0 aliphatic rings. The van der Waals surface area contributed by atoms with Crippen LogP contribution in [-0.4, -0.2) is 59.4 Å². The number of carbonyl (C=O) groups excluding carboxylic acids is 1. The van der Waals surface area contributed by atoms with Crippen LogP contribution >= 0.6 is 11.6 Å². The van der Waals surface area contributed by atoms with E-state index in [4.69, 9.17) is 40.7 Å². The predicted octanol–water partition coefficient (Wildman–Crippen LogP) is 3.67. The van der Waals surface area contributed by atoms with Gasteiger partial charge in [-0.2, -0.15) is 4.98 Å². The second-order valence-corrected chi connectivity index (χ2v) is 8.66. The fourth-order valence-corrected chi connectivity index (χ4v) is 4.04. The van der Waals surface area contributed by atoms with Crippen molar-refractivity contribution in [3.63, 3.8) is 0 Å². The predicted molar refractivity (Wildman–Crippen MR) is 138 cm³/mol. The van der Waals surface area contributed by atoms with Gasteiger partial charge in [-0.15, -0.1) is 0 Å². The van der Waals surface area contributed by atoms with Crippen molar-refractivity contribution in [2.45, 2.75) is 19.9 Å². The third-order valence-electron chi connectivity index (χ3n) is 5.74. The van der Waals surface area contributed by atoms with E-state index in [9.17, 15) is 4.79 Å². The maximum absolute atomic E-state index is 13.4. The Labute approximate surface area is 226 Å². The quantitative estimate of drug-likeness (QED) is 0.298. The molecule has 2 N–H and O–H groups in total. The number of imidazole rings is 1. The van der Waals surface area contributed by atoms with Crippen LogP contribution in [0, 0.1) is 6.92 Å². The first kappa shape index (κ1) is 27.1. The minimum Gasteiger partial charge on any atom is -0.497 e. The van der Waals surface area contributed by atoms with E-state index in [1.165, 1.54) is 0 Å². The van der Waals surface area contributed by atoms with E-state index >= 15 is 0 Å². The summed E-state index contributed by atoms with van der Waals surface area (Å²) in [5.41, 5.74) is 3.04. The lowest BCUT2D eigenvalue weighted by atomic mass is 10.1. The molecular weight excluding hydrogens is 530 g/mol. The van der Waals surface area contributed by atoms with Crippen LogP contribution in [0.1, 0.15) is 33.3 Å². The summed E-state index contributed by atoms with van der Waals surface area (Å²) in [4.78, 5) is 40.2. The van der Waals surface area contributed by atoms with Crippen molar-refractivity contribution < 1.29 is 33.9 Å². The number of carbonyl (C=O) groups is 3. The van der Waals surface area contributed by atoms with E-state index in [1.807, 2.05) is 35.9 Å². The van der Waals surface area contributed by atoms with Gasteiger partial charge in [-0.05, 0) is 55.0 Å². The number of nitrogens with zero attached hydrogens (tertiary/aromatic N) is 5. The molecule has 0 aliphatic heterocycles. The van der Waals surface area contributed by atoms with Crippen LogP contribution in [0.15, 0.2) is 65.7 Å². The largest absolute Gasteiger partial charge is 0.497 e. The van der Waals surface area contributed by atoms with Crippen LogP contribution in [0.2, 0.25) is 5.02 Å². The van der Waals surface area contributed by atoms with Crippen molar-refractivity contribution in [2.24, 2.45) is 0 Å². The highest BCUT2D eigenvalue weighted by molar-refractivity contribution is 6.30. The molecule has 200 valence electrons. The van der Waals surface area contributed by atoms with Crippen LogP contribution in [0.3, 0.4) is 0 Å². The molecule has 2 aromatic carbocycles. The molecular formula is C26H22ClN5O7. The van der Waals surface area contributed by atoms with Gasteiger partial charge < -0.3 is 24.0 Å². The number of fused-ring (bicyclic) bond motifs is 1. The molecule has 0 amide bonds. The normalized spacial score (nSPS) is 10.6. The summed E-state index contributed by atoms with van der Waals surface area (Å²) in [6.07, 6.45) is 5.61. The molecule has 0 spiro atoms. The van der Waals surface area contributed by atoms with Gasteiger partial charge in [0.2, 0.25) is 5.89 Å². The summed E-state index contributed by atoms with van der Waals surface area (Å²) in [5, 5.41) is 20.3. The molecule has 39 heavy (non-hydrogen) atoms. The second kappa shape index (κ2) is 11.6. The van der Waals surface area contributed by atoms with E-state index < -0.39 is 11.9 Å². The highest BCUT2D eigenvalue weighted by Gasteiger charge is 2.22. The number of hydrogen-bond acceptors (Lipinski definition) is 8. The number of aliphatic carboxylic acids is 2. The van der Waals surface area contributed by atoms with Gasteiger partial charge in [0.1, 0.15) is 5.75 Å². The Hall–Kier alpha value is -4.97. The van der Waals surface area contributed by atoms with Crippen molar-refractivity contribution in [1.82, 2.24) is 24.3 Å². The zero-order valence-electron chi connectivity index (χ0n) is 20.7. The fourth-order valence-electron chi connectivity index (χ4n) is 3.92. The zero-order valence-corrected chi connectivity index (χ0v) is 21.5. The van der Waals surface area contributed by atoms with E-state index in [-0.39, 0.29) is 5.91 Å². The molecule has 0 atom stereocenters. The van der Waals surface area contributed by atoms with Crippen molar-refractivity contribution in [2.75, 3.05) is 7.11 Å². The second-order valence-electron chi connectivity index (χ2n) is 8.22. The Morgan fingerprint density at radius 1 is 1.08 bits per heavy atom. The number of aromatic nitrogens is 5. The molecule has 0 saturated heterocycles. The Kier molecular flexibility index (Phi) is 8.06. The molecule has 13 heteroatoms. The lowest BCUT2D eigenvalue weighted by Gasteiger charge is -2.08. The Morgan fingerprint density at radius 2 is 1.79 bits per heavy atom. The summed E-state index contributed by atoms with van der Waals surface area (Å²) in [6.45, 7) is 2.38. The number of halogens is 1. The Morgan fingerprint density at radius 3 is 2.41 bits per heavy atom. The zero-order chi connectivity index (χ0) is 28.1. The fraction of sp³-hybridized carbons (Fsp3) is 0.154. The van der Waals surface area contributed by atoms with Gasteiger partial charge in [0, 0.05) is 34.1 Å². The third kappa shape index (κ3) is 6.13. The van der Waals surface area contributed by atoms with Crippen LogP contribution in [0.4, 0.5) is 0 Å². The molecule has 0 aliphatic carbocycles. The molecule has 0 radical (unpaired) electrons. The summed E-state index contributed by atoms with van der Waals surface area (Å²) >= 11 is 6.00. The van der Waals surface area contributed by atoms with Crippen LogP contribution in [0.25, 0.3) is 10.9 Å². The van der Waals surface area contributed by atoms with E-state index in [1.54, 1.807) is 48.5 Å². The number of rotatable bonds is 6. The molecule has 0 unspecified atom stereocenters. The van der Waals surface area contributed by atoms with Gasteiger partial charge in [0.15, 0.2) is 5.82 Å². The molecule has 0 saturated carbocycles. The summed E-state index contributed by atoms with van der Waals surface area (Å²) in [6, 6.07) is 12.5. The maximum Gasteiger partial charge on any atom is 0.414 e. The molecule has 5 rings (SSSR count). The molecule has 0 fully saturated rings. The van der Waals surface area contributed by atoms with Gasteiger partial charge in [0.25, 0.3) is 5.91 Å². The van der Waals surface area contributed by atoms with E-state index in [0.29, 0.717) is 41.0 Å².